The van der Waals surface area contributed by atoms with E-state index >= 15 is 0 Å². The molecule has 0 amide bonds. The van der Waals surface area contributed by atoms with E-state index in [1.807, 2.05) is 12.1 Å². The molecular weight excluding hydrogens is 240 g/mol. The summed E-state index contributed by atoms with van der Waals surface area (Å²) in [6, 6.07) is 5.49. The number of piperidine rings is 1. The molecule has 92 valence electrons. The number of nitrogens with one attached hydrogen (secondary N) is 1. The summed E-state index contributed by atoms with van der Waals surface area (Å²) in [4.78, 5) is 10.8. The van der Waals surface area contributed by atoms with E-state index in [0.717, 1.165) is 31.5 Å². The van der Waals surface area contributed by atoms with E-state index in [1.54, 1.807) is 6.07 Å². The molecule has 1 heterocycles. The minimum atomic E-state index is -0.242. The fourth-order valence-electron chi connectivity index (χ4n) is 3.13. The molecular formula is C12H15ClN2O2. The molecule has 17 heavy (non-hydrogen) atoms. The fourth-order valence-corrected chi connectivity index (χ4v) is 3.13. The third kappa shape index (κ3) is 2.03. The average Bonchev–Trinajstić information content (AvgIpc) is 2.28. The lowest BCUT2D eigenvalue weighted by atomic mass is 9.74. The molecule has 2 aliphatic rings. The highest BCUT2D eigenvalue weighted by atomic mass is 35.5. The molecule has 1 saturated heterocycles. The predicted octanol–water partition coefficient (Wildman–Crippen LogP) is 2.27. The first-order valence-corrected chi connectivity index (χ1v) is 5.72. The number of halogens is 1. The van der Waals surface area contributed by atoms with Crippen molar-refractivity contribution in [3.8, 4) is 0 Å². The SMILES string of the molecule is Cl.O=[N+]([O-])c1cccc2c1C1CNCC(C2)C1. The minimum absolute atomic E-state index is 0. The van der Waals surface area contributed by atoms with Gasteiger partial charge in [0, 0.05) is 24.1 Å². The standard InChI is InChI=1S/C12H14N2O2.ClH/c15-14(16)11-3-1-2-9-4-8-5-10(12(9)11)7-13-6-8;/h1-3,8,10,13H,4-7H2;1H. The van der Waals surface area contributed by atoms with Crippen LogP contribution in [0.5, 0.6) is 0 Å². The highest BCUT2D eigenvalue weighted by Gasteiger charge is 2.34. The number of nitro benzene ring substituents is 1. The Balaban J connectivity index is 0.00000108. The second-order valence-corrected chi connectivity index (χ2v) is 4.77. The maximum atomic E-state index is 11.0. The van der Waals surface area contributed by atoms with Crippen LogP contribution in [0.15, 0.2) is 18.2 Å². The lowest BCUT2D eigenvalue weighted by Crippen LogP contribution is -2.39. The van der Waals surface area contributed by atoms with Crippen LogP contribution >= 0.6 is 12.4 Å². The normalized spacial score (nSPS) is 25.6. The fraction of sp³-hybridized carbons (Fsp3) is 0.500. The molecule has 1 aliphatic heterocycles. The monoisotopic (exact) mass is 254 g/mol. The Hall–Kier alpha value is -1.13. The Labute approximate surface area is 106 Å². The Morgan fingerprint density at radius 2 is 2.18 bits per heavy atom. The van der Waals surface area contributed by atoms with Crippen molar-refractivity contribution in [2.75, 3.05) is 13.1 Å². The van der Waals surface area contributed by atoms with E-state index in [1.165, 1.54) is 5.56 Å². The number of rotatable bonds is 1. The van der Waals surface area contributed by atoms with Gasteiger partial charge in [0.05, 0.1) is 4.92 Å². The van der Waals surface area contributed by atoms with Crippen LogP contribution in [0.25, 0.3) is 0 Å². The molecule has 2 unspecified atom stereocenters. The molecule has 4 nitrogen and oxygen atoms in total. The largest absolute Gasteiger partial charge is 0.316 e. The average molecular weight is 255 g/mol. The summed E-state index contributed by atoms with van der Waals surface area (Å²) in [7, 11) is 0. The van der Waals surface area contributed by atoms with Gasteiger partial charge in [0.2, 0.25) is 0 Å². The van der Waals surface area contributed by atoms with Gasteiger partial charge in [0.15, 0.2) is 0 Å². The first-order chi connectivity index (χ1) is 7.75. The van der Waals surface area contributed by atoms with Gasteiger partial charge in [0.1, 0.15) is 0 Å². The molecule has 5 heteroatoms. The minimum Gasteiger partial charge on any atom is -0.316 e. The van der Waals surface area contributed by atoms with Gasteiger partial charge in [-0.15, -0.1) is 12.4 Å². The maximum Gasteiger partial charge on any atom is 0.273 e. The summed E-state index contributed by atoms with van der Waals surface area (Å²) < 4.78 is 0. The van der Waals surface area contributed by atoms with E-state index in [9.17, 15) is 10.1 Å². The molecule has 3 rings (SSSR count). The van der Waals surface area contributed by atoms with Crippen LogP contribution in [0.2, 0.25) is 0 Å². The molecule has 1 N–H and O–H groups in total. The van der Waals surface area contributed by atoms with Crippen LogP contribution in [-0.4, -0.2) is 18.0 Å². The van der Waals surface area contributed by atoms with Gasteiger partial charge < -0.3 is 5.32 Å². The Bertz CT molecular complexity index is 450. The van der Waals surface area contributed by atoms with E-state index in [2.05, 4.69) is 5.32 Å². The zero-order valence-electron chi connectivity index (χ0n) is 9.39. The number of nitrogens with zero attached hydrogens (tertiary/aromatic N) is 1. The molecule has 1 aromatic carbocycles. The summed E-state index contributed by atoms with van der Waals surface area (Å²) in [5.41, 5.74) is 2.48. The van der Waals surface area contributed by atoms with Crippen LogP contribution in [0.1, 0.15) is 23.5 Å². The lowest BCUT2D eigenvalue weighted by molar-refractivity contribution is -0.385. The number of hydrogen-bond donors (Lipinski definition) is 1. The summed E-state index contributed by atoms with van der Waals surface area (Å²) in [6.07, 6.45) is 2.09. The van der Waals surface area contributed by atoms with Crippen LogP contribution in [-0.2, 0) is 6.42 Å². The topological polar surface area (TPSA) is 55.2 Å². The van der Waals surface area contributed by atoms with Crippen LogP contribution < -0.4 is 5.32 Å². The third-order valence-electron chi connectivity index (χ3n) is 3.73. The smallest absolute Gasteiger partial charge is 0.273 e. The van der Waals surface area contributed by atoms with Gasteiger partial charge in [0.25, 0.3) is 5.69 Å². The summed E-state index contributed by atoms with van der Waals surface area (Å²) in [6.45, 7) is 1.94. The maximum absolute atomic E-state index is 11.0. The number of hydrogen-bond acceptors (Lipinski definition) is 3. The van der Waals surface area contributed by atoms with Crippen molar-refractivity contribution in [1.29, 1.82) is 0 Å². The summed E-state index contributed by atoms with van der Waals surface area (Å²) in [5.74, 6) is 0.998. The van der Waals surface area contributed by atoms with Crippen molar-refractivity contribution < 1.29 is 4.92 Å². The van der Waals surface area contributed by atoms with Gasteiger partial charge in [-0.1, -0.05) is 12.1 Å². The molecule has 0 radical (unpaired) electrons. The van der Waals surface area contributed by atoms with Crippen molar-refractivity contribution in [3.63, 3.8) is 0 Å². The molecule has 2 atom stereocenters. The van der Waals surface area contributed by atoms with Crippen molar-refractivity contribution in [2.24, 2.45) is 5.92 Å². The zero-order valence-corrected chi connectivity index (χ0v) is 10.2. The van der Waals surface area contributed by atoms with Crippen molar-refractivity contribution in [1.82, 2.24) is 5.32 Å². The first kappa shape index (κ1) is 12.3. The number of benzene rings is 1. The second kappa shape index (κ2) is 4.63. The molecule has 1 aliphatic carbocycles. The lowest BCUT2D eigenvalue weighted by Gasteiger charge is -2.36. The van der Waals surface area contributed by atoms with Crippen LogP contribution in [0.4, 0.5) is 5.69 Å². The number of fused-ring (bicyclic) bond motifs is 4. The van der Waals surface area contributed by atoms with Gasteiger partial charge in [-0.3, -0.25) is 10.1 Å². The van der Waals surface area contributed by atoms with E-state index in [4.69, 9.17) is 0 Å². The summed E-state index contributed by atoms with van der Waals surface area (Å²) >= 11 is 0. The molecule has 1 fully saturated rings. The Kier molecular flexibility index (Phi) is 3.35. The van der Waals surface area contributed by atoms with Crippen molar-refractivity contribution in [2.45, 2.75) is 18.8 Å². The van der Waals surface area contributed by atoms with Gasteiger partial charge in [-0.2, -0.15) is 0 Å². The van der Waals surface area contributed by atoms with E-state index in [-0.39, 0.29) is 17.3 Å². The molecule has 0 saturated carbocycles. The molecule has 0 aromatic heterocycles. The second-order valence-electron chi connectivity index (χ2n) is 4.77. The molecule has 1 aromatic rings. The highest BCUT2D eigenvalue weighted by molar-refractivity contribution is 5.85. The first-order valence-electron chi connectivity index (χ1n) is 5.72. The Morgan fingerprint density at radius 1 is 1.35 bits per heavy atom. The molecule has 2 bridgehead atoms. The highest BCUT2D eigenvalue weighted by Crippen LogP contribution is 2.41. The van der Waals surface area contributed by atoms with E-state index in [0.29, 0.717) is 17.5 Å². The van der Waals surface area contributed by atoms with Gasteiger partial charge in [-0.05, 0) is 30.9 Å². The number of nitro groups is 1. The third-order valence-corrected chi connectivity index (χ3v) is 3.73. The van der Waals surface area contributed by atoms with E-state index < -0.39 is 0 Å². The van der Waals surface area contributed by atoms with Crippen molar-refractivity contribution >= 4 is 18.1 Å². The van der Waals surface area contributed by atoms with Crippen LogP contribution in [0.3, 0.4) is 0 Å². The van der Waals surface area contributed by atoms with Gasteiger partial charge in [-0.25, -0.2) is 0 Å². The Morgan fingerprint density at radius 3 is 2.94 bits per heavy atom. The predicted molar refractivity (Wildman–Crippen MR) is 67.8 cm³/mol. The quantitative estimate of drug-likeness (QED) is 0.618. The van der Waals surface area contributed by atoms with Crippen molar-refractivity contribution in [3.05, 3.63) is 39.4 Å². The van der Waals surface area contributed by atoms with Gasteiger partial charge >= 0.3 is 0 Å². The van der Waals surface area contributed by atoms with Crippen LogP contribution in [0, 0.1) is 16.0 Å². The summed E-state index contributed by atoms with van der Waals surface area (Å²) in [5, 5.41) is 14.4. The molecule has 0 spiro atoms. The zero-order chi connectivity index (χ0) is 11.1.